The second-order valence-corrected chi connectivity index (χ2v) is 4.10. The first-order chi connectivity index (χ1) is 7.24. The summed E-state index contributed by atoms with van der Waals surface area (Å²) in [7, 11) is 0. The summed E-state index contributed by atoms with van der Waals surface area (Å²) in [5, 5.41) is 19.0. The summed E-state index contributed by atoms with van der Waals surface area (Å²) in [5.74, 6) is 1.49. The molecule has 1 heterocycles. The van der Waals surface area contributed by atoms with E-state index in [1.165, 1.54) is 0 Å². The largest absolute Gasteiger partial charge is 0.393 e. The standard InChI is InChI=1S/C9H17N5O/c10-8-12-9(14-13-8)11-5-6-1-3-7(15)4-2-6/h6-7,15H,1-5H2,(H4,10,11,12,13,14). The van der Waals surface area contributed by atoms with Gasteiger partial charge in [0.25, 0.3) is 0 Å². The molecule has 0 amide bonds. The van der Waals surface area contributed by atoms with E-state index >= 15 is 0 Å². The second-order valence-electron chi connectivity index (χ2n) is 4.10. The minimum absolute atomic E-state index is 0.0968. The van der Waals surface area contributed by atoms with Gasteiger partial charge in [-0.1, -0.05) is 0 Å². The topological polar surface area (TPSA) is 99.8 Å². The van der Waals surface area contributed by atoms with E-state index in [9.17, 15) is 5.11 Å². The monoisotopic (exact) mass is 211 g/mol. The van der Waals surface area contributed by atoms with E-state index in [-0.39, 0.29) is 6.10 Å². The highest BCUT2D eigenvalue weighted by Gasteiger charge is 2.19. The summed E-state index contributed by atoms with van der Waals surface area (Å²) in [6.45, 7) is 0.851. The fourth-order valence-electron chi connectivity index (χ4n) is 1.94. The van der Waals surface area contributed by atoms with Crippen LogP contribution in [0.4, 0.5) is 11.9 Å². The van der Waals surface area contributed by atoms with Crippen LogP contribution in [0, 0.1) is 5.92 Å². The molecule has 84 valence electrons. The molecule has 0 bridgehead atoms. The number of nitrogens with two attached hydrogens (primary N) is 1. The number of H-pyrrole nitrogens is 1. The molecule has 5 N–H and O–H groups in total. The molecule has 1 aromatic heterocycles. The highest BCUT2D eigenvalue weighted by molar-refractivity contribution is 5.29. The number of rotatable bonds is 3. The molecule has 0 saturated heterocycles. The van der Waals surface area contributed by atoms with Gasteiger partial charge in [0.15, 0.2) is 0 Å². The zero-order chi connectivity index (χ0) is 10.7. The lowest BCUT2D eigenvalue weighted by Crippen LogP contribution is -2.23. The van der Waals surface area contributed by atoms with E-state index in [0.717, 1.165) is 32.2 Å². The summed E-state index contributed by atoms with van der Waals surface area (Å²) < 4.78 is 0. The molecule has 0 spiro atoms. The molecular weight excluding hydrogens is 194 g/mol. The lowest BCUT2D eigenvalue weighted by atomic mass is 9.87. The molecule has 0 atom stereocenters. The van der Waals surface area contributed by atoms with Crippen molar-refractivity contribution in [3.05, 3.63) is 0 Å². The van der Waals surface area contributed by atoms with Gasteiger partial charge >= 0.3 is 0 Å². The van der Waals surface area contributed by atoms with Gasteiger partial charge in [-0.25, -0.2) is 5.10 Å². The fraction of sp³-hybridized carbons (Fsp3) is 0.778. The van der Waals surface area contributed by atoms with Gasteiger partial charge in [-0.3, -0.25) is 0 Å². The van der Waals surface area contributed by atoms with Crippen molar-refractivity contribution in [2.75, 3.05) is 17.6 Å². The van der Waals surface area contributed by atoms with E-state index < -0.39 is 0 Å². The number of nitrogen functional groups attached to an aromatic ring is 1. The predicted molar refractivity (Wildman–Crippen MR) is 57.2 cm³/mol. The van der Waals surface area contributed by atoms with Crippen LogP contribution in [0.5, 0.6) is 0 Å². The summed E-state index contributed by atoms with van der Waals surface area (Å²) in [4.78, 5) is 3.96. The summed E-state index contributed by atoms with van der Waals surface area (Å²) in [6.07, 6.45) is 3.84. The van der Waals surface area contributed by atoms with Crippen LogP contribution in [0.1, 0.15) is 25.7 Å². The maximum Gasteiger partial charge on any atom is 0.243 e. The van der Waals surface area contributed by atoms with Gasteiger partial charge < -0.3 is 16.2 Å². The van der Waals surface area contributed by atoms with Gasteiger partial charge in [0.05, 0.1) is 6.10 Å². The van der Waals surface area contributed by atoms with Gasteiger partial charge in [-0.2, -0.15) is 4.98 Å². The Morgan fingerprint density at radius 3 is 2.73 bits per heavy atom. The Morgan fingerprint density at radius 2 is 2.13 bits per heavy atom. The minimum atomic E-state index is -0.0968. The molecule has 1 aliphatic rings. The number of anilines is 2. The maximum atomic E-state index is 9.35. The molecule has 1 fully saturated rings. The number of nitrogens with zero attached hydrogens (tertiary/aromatic N) is 2. The third-order valence-corrected chi connectivity index (χ3v) is 2.87. The molecule has 0 unspecified atom stereocenters. The van der Waals surface area contributed by atoms with Crippen LogP contribution in [0.3, 0.4) is 0 Å². The van der Waals surface area contributed by atoms with E-state index in [4.69, 9.17) is 5.73 Å². The summed E-state index contributed by atoms with van der Waals surface area (Å²) >= 11 is 0. The van der Waals surface area contributed by atoms with Gasteiger partial charge in [0.2, 0.25) is 11.9 Å². The zero-order valence-electron chi connectivity index (χ0n) is 8.61. The molecule has 6 nitrogen and oxygen atoms in total. The number of nitrogens with one attached hydrogen (secondary N) is 2. The first-order valence-corrected chi connectivity index (χ1v) is 5.34. The lowest BCUT2D eigenvalue weighted by molar-refractivity contribution is 0.111. The highest BCUT2D eigenvalue weighted by Crippen LogP contribution is 2.24. The number of aliphatic hydroxyl groups is 1. The van der Waals surface area contributed by atoms with E-state index in [1.54, 1.807) is 0 Å². The van der Waals surface area contributed by atoms with Crippen molar-refractivity contribution in [2.45, 2.75) is 31.8 Å². The molecule has 1 saturated carbocycles. The molecule has 1 aliphatic carbocycles. The normalized spacial score (nSPS) is 26.5. The van der Waals surface area contributed by atoms with Crippen LogP contribution in [-0.2, 0) is 0 Å². The van der Waals surface area contributed by atoms with Crippen LogP contribution >= 0.6 is 0 Å². The van der Waals surface area contributed by atoms with Crippen molar-refractivity contribution < 1.29 is 5.11 Å². The van der Waals surface area contributed by atoms with Gasteiger partial charge in [-0.15, -0.1) is 5.10 Å². The zero-order valence-corrected chi connectivity index (χ0v) is 8.61. The van der Waals surface area contributed by atoms with E-state index in [1.807, 2.05) is 0 Å². The number of aromatic nitrogens is 3. The van der Waals surface area contributed by atoms with Crippen molar-refractivity contribution >= 4 is 11.9 Å². The Hall–Kier alpha value is -1.30. The minimum Gasteiger partial charge on any atom is -0.393 e. The third-order valence-electron chi connectivity index (χ3n) is 2.87. The van der Waals surface area contributed by atoms with Gasteiger partial charge in [0.1, 0.15) is 0 Å². The van der Waals surface area contributed by atoms with Crippen molar-refractivity contribution in [3.63, 3.8) is 0 Å². The number of hydrogen-bond donors (Lipinski definition) is 4. The Labute approximate surface area is 88.3 Å². The van der Waals surface area contributed by atoms with E-state index in [0.29, 0.717) is 17.8 Å². The van der Waals surface area contributed by atoms with Crippen LogP contribution in [-0.4, -0.2) is 32.9 Å². The fourth-order valence-corrected chi connectivity index (χ4v) is 1.94. The molecule has 15 heavy (non-hydrogen) atoms. The van der Waals surface area contributed by atoms with Gasteiger partial charge in [-0.05, 0) is 31.6 Å². The molecule has 6 heteroatoms. The Balaban J connectivity index is 1.74. The number of aliphatic hydroxyl groups excluding tert-OH is 1. The number of hydrogen-bond acceptors (Lipinski definition) is 5. The Morgan fingerprint density at radius 1 is 1.40 bits per heavy atom. The molecule has 0 aliphatic heterocycles. The molecule has 0 radical (unpaired) electrons. The average molecular weight is 211 g/mol. The van der Waals surface area contributed by atoms with Crippen LogP contribution < -0.4 is 11.1 Å². The third kappa shape index (κ3) is 2.82. The number of aromatic amines is 1. The molecule has 0 aromatic carbocycles. The maximum absolute atomic E-state index is 9.35. The van der Waals surface area contributed by atoms with Crippen LogP contribution in [0.2, 0.25) is 0 Å². The van der Waals surface area contributed by atoms with Crippen molar-refractivity contribution in [3.8, 4) is 0 Å². The average Bonchev–Trinajstić information content (AvgIpc) is 2.64. The second kappa shape index (κ2) is 4.48. The Bertz CT molecular complexity index is 305. The molecule has 2 rings (SSSR count). The SMILES string of the molecule is Nc1nc(NCC2CCC(O)CC2)n[nH]1. The van der Waals surface area contributed by atoms with Crippen molar-refractivity contribution in [2.24, 2.45) is 5.92 Å². The van der Waals surface area contributed by atoms with Crippen molar-refractivity contribution in [1.29, 1.82) is 0 Å². The van der Waals surface area contributed by atoms with Gasteiger partial charge in [0, 0.05) is 6.54 Å². The smallest absolute Gasteiger partial charge is 0.243 e. The lowest BCUT2D eigenvalue weighted by Gasteiger charge is -2.25. The molecule has 1 aromatic rings. The van der Waals surface area contributed by atoms with Crippen LogP contribution in [0.15, 0.2) is 0 Å². The van der Waals surface area contributed by atoms with Crippen LogP contribution in [0.25, 0.3) is 0 Å². The Kier molecular flexibility index (Phi) is 3.05. The molecular formula is C9H17N5O. The summed E-state index contributed by atoms with van der Waals surface area (Å²) in [6, 6.07) is 0. The summed E-state index contributed by atoms with van der Waals surface area (Å²) in [5.41, 5.74) is 5.40. The quantitative estimate of drug-likeness (QED) is 0.578. The predicted octanol–water partition coefficient (Wildman–Crippen LogP) is 0.350. The highest BCUT2D eigenvalue weighted by atomic mass is 16.3. The first kappa shape index (κ1) is 10.2. The van der Waals surface area contributed by atoms with Crippen molar-refractivity contribution in [1.82, 2.24) is 15.2 Å². The van der Waals surface area contributed by atoms with E-state index in [2.05, 4.69) is 20.5 Å². The first-order valence-electron chi connectivity index (χ1n) is 5.34.